The number of carbonyl (C=O) groups is 1. The number of carbonyl (C=O) groups excluding carboxylic acids is 1. The van der Waals surface area contributed by atoms with E-state index in [1.54, 1.807) is 6.07 Å². The minimum atomic E-state index is -0.0926. The summed E-state index contributed by atoms with van der Waals surface area (Å²) in [7, 11) is 0. The van der Waals surface area contributed by atoms with Crippen LogP contribution in [0.15, 0.2) is 42.5 Å². The topological polar surface area (TPSA) is 47.6 Å². The molecule has 2 aromatic carbocycles. The standard InChI is InChI=1S/C19H23NO3/c1-4-22-17-9-6-15(7-10-17)13-20-19(21)16-8-11-18(23-5-2)14(3)12-16/h6-12H,4-5,13H2,1-3H3,(H,20,21). The molecule has 0 aromatic heterocycles. The van der Waals surface area contributed by atoms with Crippen LogP contribution in [0.5, 0.6) is 11.5 Å². The summed E-state index contributed by atoms with van der Waals surface area (Å²) in [6.45, 7) is 7.58. The SMILES string of the molecule is CCOc1ccc(CNC(=O)c2ccc(OCC)c(C)c2)cc1. The van der Waals surface area contributed by atoms with E-state index >= 15 is 0 Å². The van der Waals surface area contributed by atoms with Crippen molar-refractivity contribution in [2.24, 2.45) is 0 Å². The molecule has 4 nitrogen and oxygen atoms in total. The van der Waals surface area contributed by atoms with Crippen LogP contribution in [0.25, 0.3) is 0 Å². The third-order valence-electron chi connectivity index (χ3n) is 3.42. The lowest BCUT2D eigenvalue weighted by Gasteiger charge is -2.10. The molecule has 0 aliphatic carbocycles. The second kappa shape index (κ2) is 8.22. The third kappa shape index (κ3) is 4.74. The van der Waals surface area contributed by atoms with Gasteiger partial charge in [-0.2, -0.15) is 0 Å². The van der Waals surface area contributed by atoms with E-state index in [1.165, 1.54) is 0 Å². The zero-order chi connectivity index (χ0) is 16.7. The molecule has 0 fully saturated rings. The van der Waals surface area contributed by atoms with Crippen LogP contribution in [-0.4, -0.2) is 19.1 Å². The van der Waals surface area contributed by atoms with Gasteiger partial charge in [0.1, 0.15) is 11.5 Å². The Kier molecular flexibility index (Phi) is 6.03. The van der Waals surface area contributed by atoms with Crippen molar-refractivity contribution in [1.29, 1.82) is 0 Å². The van der Waals surface area contributed by atoms with Crippen LogP contribution in [0.2, 0.25) is 0 Å². The summed E-state index contributed by atoms with van der Waals surface area (Å²) in [5, 5.41) is 2.92. The molecule has 0 saturated carbocycles. The number of aryl methyl sites for hydroxylation is 1. The highest BCUT2D eigenvalue weighted by atomic mass is 16.5. The average molecular weight is 313 g/mol. The van der Waals surface area contributed by atoms with Gasteiger partial charge in [0, 0.05) is 12.1 Å². The van der Waals surface area contributed by atoms with Gasteiger partial charge in [-0.3, -0.25) is 4.79 Å². The molecule has 0 heterocycles. The molecule has 23 heavy (non-hydrogen) atoms. The average Bonchev–Trinajstić information content (AvgIpc) is 2.56. The normalized spacial score (nSPS) is 10.2. The summed E-state index contributed by atoms with van der Waals surface area (Å²) < 4.78 is 10.9. The van der Waals surface area contributed by atoms with Crippen LogP contribution in [0.4, 0.5) is 0 Å². The fourth-order valence-corrected chi connectivity index (χ4v) is 2.26. The van der Waals surface area contributed by atoms with Crippen molar-refractivity contribution in [2.75, 3.05) is 13.2 Å². The van der Waals surface area contributed by atoms with Crippen molar-refractivity contribution in [3.05, 3.63) is 59.2 Å². The van der Waals surface area contributed by atoms with Gasteiger partial charge in [-0.25, -0.2) is 0 Å². The monoisotopic (exact) mass is 313 g/mol. The third-order valence-corrected chi connectivity index (χ3v) is 3.42. The van der Waals surface area contributed by atoms with Gasteiger partial charge in [0.05, 0.1) is 13.2 Å². The van der Waals surface area contributed by atoms with Gasteiger partial charge in [-0.05, 0) is 62.2 Å². The molecular weight excluding hydrogens is 290 g/mol. The molecule has 4 heteroatoms. The summed E-state index contributed by atoms with van der Waals surface area (Å²) in [6.07, 6.45) is 0. The Labute approximate surface area is 137 Å². The number of nitrogens with one attached hydrogen (secondary N) is 1. The predicted octanol–water partition coefficient (Wildman–Crippen LogP) is 3.72. The quantitative estimate of drug-likeness (QED) is 0.847. The lowest BCUT2D eigenvalue weighted by atomic mass is 10.1. The van der Waals surface area contributed by atoms with Crippen LogP contribution in [0.3, 0.4) is 0 Å². The lowest BCUT2D eigenvalue weighted by Crippen LogP contribution is -2.22. The second-order valence-electron chi connectivity index (χ2n) is 5.17. The van der Waals surface area contributed by atoms with E-state index in [9.17, 15) is 4.79 Å². The van der Waals surface area contributed by atoms with Crippen LogP contribution in [0.1, 0.15) is 35.3 Å². The highest BCUT2D eigenvalue weighted by Gasteiger charge is 2.08. The Morgan fingerprint density at radius 1 is 1.00 bits per heavy atom. The van der Waals surface area contributed by atoms with E-state index in [2.05, 4.69) is 5.32 Å². The molecule has 0 unspecified atom stereocenters. The van der Waals surface area contributed by atoms with Crippen molar-refractivity contribution in [3.8, 4) is 11.5 Å². The summed E-state index contributed by atoms with van der Waals surface area (Å²) in [5.41, 5.74) is 2.63. The summed E-state index contributed by atoms with van der Waals surface area (Å²) in [4.78, 5) is 12.2. The molecule has 0 radical (unpaired) electrons. The Morgan fingerprint density at radius 3 is 2.30 bits per heavy atom. The van der Waals surface area contributed by atoms with Gasteiger partial charge < -0.3 is 14.8 Å². The van der Waals surface area contributed by atoms with Crippen molar-refractivity contribution in [2.45, 2.75) is 27.3 Å². The fraction of sp³-hybridized carbons (Fsp3) is 0.316. The van der Waals surface area contributed by atoms with E-state index in [1.807, 2.05) is 57.2 Å². The minimum Gasteiger partial charge on any atom is -0.494 e. The Hall–Kier alpha value is -2.49. The van der Waals surface area contributed by atoms with Crippen molar-refractivity contribution in [1.82, 2.24) is 5.32 Å². The maximum atomic E-state index is 12.2. The molecule has 0 atom stereocenters. The van der Waals surface area contributed by atoms with E-state index in [0.29, 0.717) is 25.3 Å². The van der Waals surface area contributed by atoms with Crippen LogP contribution in [-0.2, 0) is 6.54 Å². The number of rotatable bonds is 7. The Balaban J connectivity index is 1.95. The summed E-state index contributed by atoms with van der Waals surface area (Å²) >= 11 is 0. The molecule has 1 amide bonds. The molecule has 0 aliphatic rings. The van der Waals surface area contributed by atoms with E-state index in [4.69, 9.17) is 9.47 Å². The van der Waals surface area contributed by atoms with E-state index in [0.717, 1.165) is 22.6 Å². The first kappa shape index (κ1) is 16.9. The molecule has 2 aromatic rings. The molecular formula is C19H23NO3. The van der Waals surface area contributed by atoms with Crippen LogP contribution < -0.4 is 14.8 Å². The Bertz CT molecular complexity index is 650. The molecule has 0 bridgehead atoms. The first-order valence-electron chi connectivity index (χ1n) is 7.87. The molecule has 0 saturated heterocycles. The minimum absolute atomic E-state index is 0.0926. The number of hydrogen-bond acceptors (Lipinski definition) is 3. The zero-order valence-corrected chi connectivity index (χ0v) is 13.9. The van der Waals surface area contributed by atoms with Gasteiger partial charge in [-0.15, -0.1) is 0 Å². The molecule has 0 aliphatic heterocycles. The van der Waals surface area contributed by atoms with Crippen molar-refractivity contribution < 1.29 is 14.3 Å². The van der Waals surface area contributed by atoms with Gasteiger partial charge >= 0.3 is 0 Å². The lowest BCUT2D eigenvalue weighted by molar-refractivity contribution is 0.0951. The molecule has 2 rings (SSSR count). The molecule has 0 spiro atoms. The van der Waals surface area contributed by atoms with Gasteiger partial charge in [0.2, 0.25) is 0 Å². The number of hydrogen-bond donors (Lipinski definition) is 1. The molecule has 122 valence electrons. The smallest absolute Gasteiger partial charge is 0.251 e. The van der Waals surface area contributed by atoms with Crippen LogP contribution in [0, 0.1) is 6.92 Å². The predicted molar refractivity (Wildman–Crippen MR) is 91.1 cm³/mol. The zero-order valence-electron chi connectivity index (χ0n) is 13.9. The maximum Gasteiger partial charge on any atom is 0.251 e. The summed E-state index contributed by atoms with van der Waals surface area (Å²) in [6, 6.07) is 13.2. The van der Waals surface area contributed by atoms with Crippen molar-refractivity contribution >= 4 is 5.91 Å². The van der Waals surface area contributed by atoms with Crippen molar-refractivity contribution in [3.63, 3.8) is 0 Å². The Morgan fingerprint density at radius 2 is 1.70 bits per heavy atom. The first-order valence-corrected chi connectivity index (χ1v) is 7.87. The van der Waals surface area contributed by atoms with E-state index < -0.39 is 0 Å². The second-order valence-corrected chi connectivity index (χ2v) is 5.17. The van der Waals surface area contributed by atoms with Gasteiger partial charge in [-0.1, -0.05) is 12.1 Å². The maximum absolute atomic E-state index is 12.2. The molecule has 1 N–H and O–H groups in total. The highest BCUT2D eigenvalue weighted by Crippen LogP contribution is 2.19. The van der Waals surface area contributed by atoms with E-state index in [-0.39, 0.29) is 5.91 Å². The largest absolute Gasteiger partial charge is 0.494 e. The van der Waals surface area contributed by atoms with Crippen LogP contribution >= 0.6 is 0 Å². The first-order chi connectivity index (χ1) is 11.1. The van der Waals surface area contributed by atoms with Gasteiger partial charge in [0.25, 0.3) is 5.91 Å². The fourth-order valence-electron chi connectivity index (χ4n) is 2.26. The number of ether oxygens (including phenoxy) is 2. The highest BCUT2D eigenvalue weighted by molar-refractivity contribution is 5.94. The number of benzene rings is 2. The number of amides is 1. The summed E-state index contributed by atoms with van der Waals surface area (Å²) in [5.74, 6) is 1.56. The van der Waals surface area contributed by atoms with Gasteiger partial charge in [0.15, 0.2) is 0 Å².